The van der Waals surface area contributed by atoms with Gasteiger partial charge in [0.05, 0.1) is 0 Å². The highest BCUT2D eigenvalue weighted by molar-refractivity contribution is 5.98. The van der Waals surface area contributed by atoms with Crippen LogP contribution < -0.4 is 11.1 Å². The molecule has 0 radical (unpaired) electrons. The Bertz CT molecular complexity index is 474. The molecule has 0 spiro atoms. The molecule has 1 atom stereocenters. The van der Waals surface area contributed by atoms with Gasteiger partial charge in [-0.3, -0.25) is 9.78 Å². The number of oxime groups is 1. The smallest absolute Gasteiger partial charge is 0.270 e. The Balaban J connectivity index is 2.79. The monoisotopic (exact) mass is 264 g/mol. The number of rotatable bonds is 3. The van der Waals surface area contributed by atoms with Crippen LogP contribution in [-0.4, -0.2) is 28.0 Å². The van der Waals surface area contributed by atoms with Gasteiger partial charge in [0.15, 0.2) is 5.84 Å². The van der Waals surface area contributed by atoms with Gasteiger partial charge in [-0.2, -0.15) is 0 Å². The molecular weight excluding hydrogens is 244 g/mol. The zero-order valence-electron chi connectivity index (χ0n) is 11.6. The summed E-state index contributed by atoms with van der Waals surface area (Å²) in [6, 6.07) is 3.14. The molecular formula is C13H20N4O2. The minimum Gasteiger partial charge on any atom is -0.409 e. The Labute approximate surface area is 112 Å². The molecule has 0 bridgehead atoms. The number of carbonyl (C=O) groups is 1. The van der Waals surface area contributed by atoms with Gasteiger partial charge in [-0.1, -0.05) is 25.9 Å². The number of hydrogen-bond acceptors (Lipinski definition) is 4. The number of amidine groups is 1. The standard InChI is InChI=1S/C13H20N4O2/c1-8(13(2,3)4)16-12(18)10-6-5-9(7-15-10)11(14)17-19/h5-8,19H,1-4H3,(H2,14,17)(H,16,18). The summed E-state index contributed by atoms with van der Waals surface area (Å²) in [5.74, 6) is -0.281. The zero-order valence-corrected chi connectivity index (χ0v) is 11.6. The Hall–Kier alpha value is -2.11. The first kappa shape index (κ1) is 14.9. The van der Waals surface area contributed by atoms with E-state index >= 15 is 0 Å². The molecule has 6 nitrogen and oxygen atoms in total. The fourth-order valence-electron chi connectivity index (χ4n) is 1.22. The van der Waals surface area contributed by atoms with Crippen molar-refractivity contribution in [1.82, 2.24) is 10.3 Å². The van der Waals surface area contributed by atoms with Gasteiger partial charge in [-0.25, -0.2) is 0 Å². The fraction of sp³-hybridized carbons (Fsp3) is 0.462. The van der Waals surface area contributed by atoms with Crippen LogP contribution in [0.15, 0.2) is 23.5 Å². The molecule has 0 saturated heterocycles. The van der Waals surface area contributed by atoms with E-state index in [0.717, 1.165) is 0 Å². The van der Waals surface area contributed by atoms with E-state index in [1.165, 1.54) is 12.3 Å². The lowest BCUT2D eigenvalue weighted by Gasteiger charge is -2.27. The quantitative estimate of drug-likeness (QED) is 0.332. The maximum absolute atomic E-state index is 12.0. The molecule has 1 aromatic heterocycles. The van der Waals surface area contributed by atoms with Gasteiger partial charge >= 0.3 is 0 Å². The molecule has 1 heterocycles. The van der Waals surface area contributed by atoms with E-state index in [-0.39, 0.29) is 23.2 Å². The van der Waals surface area contributed by atoms with Crippen molar-refractivity contribution in [3.8, 4) is 0 Å². The largest absolute Gasteiger partial charge is 0.409 e. The number of nitrogens with one attached hydrogen (secondary N) is 1. The van der Waals surface area contributed by atoms with Gasteiger partial charge in [0.2, 0.25) is 0 Å². The van der Waals surface area contributed by atoms with Gasteiger partial charge < -0.3 is 16.3 Å². The Morgan fingerprint density at radius 3 is 2.53 bits per heavy atom. The van der Waals surface area contributed by atoms with Crippen molar-refractivity contribution in [1.29, 1.82) is 0 Å². The molecule has 4 N–H and O–H groups in total. The molecule has 1 aromatic rings. The molecule has 104 valence electrons. The van der Waals surface area contributed by atoms with Crippen molar-refractivity contribution in [3.63, 3.8) is 0 Å². The third kappa shape index (κ3) is 3.94. The summed E-state index contributed by atoms with van der Waals surface area (Å²) in [6.07, 6.45) is 1.39. The average Bonchev–Trinajstić information content (AvgIpc) is 2.36. The Morgan fingerprint density at radius 1 is 1.47 bits per heavy atom. The number of pyridine rings is 1. The molecule has 1 amide bonds. The van der Waals surface area contributed by atoms with Crippen molar-refractivity contribution in [3.05, 3.63) is 29.6 Å². The van der Waals surface area contributed by atoms with Gasteiger partial charge in [0, 0.05) is 17.8 Å². The van der Waals surface area contributed by atoms with Crippen LogP contribution in [0.3, 0.4) is 0 Å². The van der Waals surface area contributed by atoms with Crippen LogP contribution in [0.1, 0.15) is 43.7 Å². The predicted molar refractivity (Wildman–Crippen MR) is 73.1 cm³/mol. The molecule has 19 heavy (non-hydrogen) atoms. The van der Waals surface area contributed by atoms with Gasteiger partial charge in [-0.05, 0) is 24.5 Å². The second-order valence-electron chi connectivity index (χ2n) is 5.48. The third-order valence-corrected chi connectivity index (χ3v) is 3.05. The van der Waals surface area contributed by atoms with Crippen LogP contribution in [0.2, 0.25) is 0 Å². The summed E-state index contributed by atoms with van der Waals surface area (Å²) >= 11 is 0. The first-order valence-corrected chi connectivity index (χ1v) is 6.00. The number of nitrogens with two attached hydrogens (primary N) is 1. The van der Waals surface area contributed by atoms with Crippen molar-refractivity contribution in [2.75, 3.05) is 0 Å². The maximum atomic E-state index is 12.0. The number of amides is 1. The second kappa shape index (κ2) is 5.69. The van der Waals surface area contributed by atoms with Crippen molar-refractivity contribution in [2.45, 2.75) is 33.7 Å². The average molecular weight is 264 g/mol. The number of nitrogens with zero attached hydrogens (tertiary/aromatic N) is 2. The minimum absolute atomic E-state index is 0.0190. The minimum atomic E-state index is -0.242. The molecule has 1 unspecified atom stereocenters. The van der Waals surface area contributed by atoms with Crippen LogP contribution >= 0.6 is 0 Å². The van der Waals surface area contributed by atoms with Crippen LogP contribution in [-0.2, 0) is 0 Å². The van der Waals surface area contributed by atoms with E-state index in [2.05, 4.69) is 15.5 Å². The summed E-state index contributed by atoms with van der Waals surface area (Å²) in [5, 5.41) is 14.3. The molecule has 1 rings (SSSR count). The van der Waals surface area contributed by atoms with Crippen molar-refractivity contribution >= 4 is 11.7 Å². The van der Waals surface area contributed by atoms with E-state index in [9.17, 15) is 4.79 Å². The highest BCUT2D eigenvalue weighted by atomic mass is 16.4. The molecule has 0 aliphatic carbocycles. The first-order chi connectivity index (χ1) is 8.75. The van der Waals surface area contributed by atoms with Crippen molar-refractivity contribution < 1.29 is 10.0 Å². The predicted octanol–water partition coefficient (Wildman–Crippen LogP) is 1.34. The molecule has 6 heteroatoms. The van der Waals surface area contributed by atoms with Gasteiger partial charge in [-0.15, -0.1) is 0 Å². The van der Waals surface area contributed by atoms with E-state index in [1.807, 2.05) is 27.7 Å². The van der Waals surface area contributed by atoms with E-state index in [1.54, 1.807) is 6.07 Å². The first-order valence-electron chi connectivity index (χ1n) is 6.00. The Kier molecular flexibility index (Phi) is 4.47. The fourth-order valence-corrected chi connectivity index (χ4v) is 1.22. The number of carbonyl (C=O) groups excluding carboxylic acids is 1. The molecule has 0 aromatic carbocycles. The third-order valence-electron chi connectivity index (χ3n) is 3.05. The summed E-state index contributed by atoms with van der Waals surface area (Å²) in [5.41, 5.74) is 6.15. The normalized spacial score (nSPS) is 14.0. The lowest BCUT2D eigenvalue weighted by atomic mass is 9.88. The van der Waals surface area contributed by atoms with Gasteiger partial charge in [0.25, 0.3) is 5.91 Å². The summed E-state index contributed by atoms with van der Waals surface area (Å²) in [6.45, 7) is 8.09. The lowest BCUT2D eigenvalue weighted by Crippen LogP contribution is -2.41. The SMILES string of the molecule is CC(NC(=O)c1ccc(/C(N)=N/O)cn1)C(C)(C)C. The highest BCUT2D eigenvalue weighted by Gasteiger charge is 2.22. The van der Waals surface area contributed by atoms with Crippen LogP contribution in [0.5, 0.6) is 0 Å². The van der Waals surface area contributed by atoms with Gasteiger partial charge in [0.1, 0.15) is 5.69 Å². The lowest BCUT2D eigenvalue weighted by molar-refractivity contribution is 0.0905. The molecule has 0 aliphatic heterocycles. The van der Waals surface area contributed by atoms with Crippen LogP contribution in [0, 0.1) is 5.41 Å². The van der Waals surface area contributed by atoms with Crippen LogP contribution in [0.4, 0.5) is 0 Å². The molecule has 0 fully saturated rings. The van der Waals surface area contributed by atoms with Crippen LogP contribution in [0.25, 0.3) is 0 Å². The van der Waals surface area contributed by atoms with E-state index < -0.39 is 0 Å². The number of hydrogen-bond donors (Lipinski definition) is 3. The van der Waals surface area contributed by atoms with Crippen molar-refractivity contribution in [2.24, 2.45) is 16.3 Å². The zero-order chi connectivity index (χ0) is 14.6. The van der Waals surface area contributed by atoms with E-state index in [0.29, 0.717) is 11.3 Å². The van der Waals surface area contributed by atoms with E-state index in [4.69, 9.17) is 10.9 Å². The maximum Gasteiger partial charge on any atom is 0.270 e. The summed E-state index contributed by atoms with van der Waals surface area (Å²) < 4.78 is 0. The number of aromatic nitrogens is 1. The topological polar surface area (TPSA) is 101 Å². The summed E-state index contributed by atoms with van der Waals surface area (Å²) in [4.78, 5) is 16.0. The second-order valence-corrected chi connectivity index (χ2v) is 5.48. The highest BCUT2D eigenvalue weighted by Crippen LogP contribution is 2.18. The molecule has 0 aliphatic rings. The molecule has 0 saturated carbocycles. The summed E-state index contributed by atoms with van der Waals surface area (Å²) in [7, 11) is 0. The Morgan fingerprint density at radius 2 is 2.11 bits per heavy atom.